The van der Waals surface area contributed by atoms with Crippen molar-refractivity contribution < 1.29 is 9.53 Å². The summed E-state index contributed by atoms with van der Waals surface area (Å²) >= 11 is 1.50. The zero-order valence-electron chi connectivity index (χ0n) is 12.6. The van der Waals surface area contributed by atoms with Crippen molar-refractivity contribution in [1.29, 1.82) is 0 Å². The van der Waals surface area contributed by atoms with Crippen LogP contribution in [0, 0.1) is 13.8 Å². The van der Waals surface area contributed by atoms with Gasteiger partial charge in [-0.05, 0) is 25.8 Å². The molecular formula is C15H20N2O3S. The molecule has 0 fully saturated rings. The molecule has 2 rings (SSSR count). The first kappa shape index (κ1) is 15.7. The van der Waals surface area contributed by atoms with Crippen molar-refractivity contribution in [1.82, 2.24) is 9.55 Å². The maximum Gasteiger partial charge on any atom is 0.326 e. The first-order chi connectivity index (χ1) is 10.0. The average molecular weight is 308 g/mol. The number of carbonyl (C=O) groups is 1. The lowest BCUT2D eigenvalue weighted by Crippen LogP contribution is -2.25. The third-order valence-electron chi connectivity index (χ3n) is 3.47. The molecule has 0 N–H and O–H groups in total. The van der Waals surface area contributed by atoms with Gasteiger partial charge in [-0.2, -0.15) is 0 Å². The molecule has 0 radical (unpaired) electrons. The fourth-order valence-electron chi connectivity index (χ4n) is 2.11. The second kappa shape index (κ2) is 6.85. The van der Waals surface area contributed by atoms with Gasteiger partial charge in [0.25, 0.3) is 5.56 Å². The molecule has 0 unspecified atom stereocenters. The predicted molar refractivity (Wildman–Crippen MR) is 83.8 cm³/mol. The van der Waals surface area contributed by atoms with Crippen LogP contribution in [0.15, 0.2) is 11.1 Å². The van der Waals surface area contributed by atoms with Gasteiger partial charge in [0.1, 0.15) is 11.4 Å². The van der Waals surface area contributed by atoms with Gasteiger partial charge in [-0.25, -0.2) is 4.98 Å². The number of aryl methyl sites for hydroxylation is 2. The molecule has 0 aliphatic heterocycles. The highest BCUT2D eigenvalue weighted by Crippen LogP contribution is 2.25. The Bertz CT molecular complexity index is 703. The fraction of sp³-hybridized carbons (Fsp3) is 0.533. The Morgan fingerprint density at radius 1 is 1.38 bits per heavy atom. The number of thiophene rings is 1. The van der Waals surface area contributed by atoms with Crippen LogP contribution in [0.2, 0.25) is 0 Å². The third-order valence-corrected chi connectivity index (χ3v) is 4.58. The van der Waals surface area contributed by atoms with E-state index in [4.69, 9.17) is 4.74 Å². The summed E-state index contributed by atoms with van der Waals surface area (Å²) in [5.74, 6) is -0.390. The average Bonchev–Trinajstić information content (AvgIpc) is 2.74. The summed E-state index contributed by atoms with van der Waals surface area (Å²) in [6, 6.07) is 0. The Morgan fingerprint density at radius 2 is 2.14 bits per heavy atom. The van der Waals surface area contributed by atoms with E-state index in [0.717, 1.165) is 34.5 Å². The zero-order valence-corrected chi connectivity index (χ0v) is 13.5. The minimum absolute atomic E-state index is 0.0811. The summed E-state index contributed by atoms with van der Waals surface area (Å²) < 4.78 is 6.45. The monoisotopic (exact) mass is 308 g/mol. The Kier molecular flexibility index (Phi) is 5.12. The molecule has 5 nitrogen and oxygen atoms in total. The lowest BCUT2D eigenvalue weighted by Gasteiger charge is -2.06. The summed E-state index contributed by atoms with van der Waals surface area (Å²) in [6.07, 6.45) is 4.40. The minimum Gasteiger partial charge on any atom is -0.464 e. The summed E-state index contributed by atoms with van der Waals surface area (Å²) in [7, 11) is 0. The van der Waals surface area contributed by atoms with Crippen molar-refractivity contribution in [2.24, 2.45) is 0 Å². The fourth-order valence-corrected chi connectivity index (χ4v) is 3.09. The third kappa shape index (κ3) is 3.50. The Labute approximate surface area is 127 Å². The molecule has 0 bridgehead atoms. The molecule has 114 valence electrons. The van der Waals surface area contributed by atoms with Gasteiger partial charge in [0, 0.05) is 4.88 Å². The Balaban J connectivity index is 2.12. The van der Waals surface area contributed by atoms with E-state index < -0.39 is 0 Å². The first-order valence-electron chi connectivity index (χ1n) is 7.15. The molecule has 2 heterocycles. The lowest BCUT2D eigenvalue weighted by atomic mass is 10.2. The van der Waals surface area contributed by atoms with Crippen LogP contribution in [0.25, 0.3) is 10.2 Å². The highest BCUT2D eigenvalue weighted by Gasteiger charge is 2.14. The second-order valence-corrected chi connectivity index (χ2v) is 6.27. The largest absolute Gasteiger partial charge is 0.464 e. The van der Waals surface area contributed by atoms with Crippen molar-refractivity contribution >= 4 is 27.5 Å². The van der Waals surface area contributed by atoms with Gasteiger partial charge in [-0.1, -0.05) is 19.8 Å². The number of esters is 1. The van der Waals surface area contributed by atoms with Gasteiger partial charge in [0.2, 0.25) is 0 Å². The standard InChI is InChI=1S/C15H20N2O3S/c1-4-5-6-7-20-12(18)8-17-9-16-14-13(15(17)19)10(2)11(3)21-14/h9H,4-8H2,1-3H3. The number of fused-ring (bicyclic) bond motifs is 1. The smallest absolute Gasteiger partial charge is 0.326 e. The van der Waals surface area contributed by atoms with E-state index in [1.807, 2.05) is 13.8 Å². The van der Waals surface area contributed by atoms with Crippen LogP contribution < -0.4 is 5.56 Å². The lowest BCUT2D eigenvalue weighted by molar-refractivity contribution is -0.144. The van der Waals surface area contributed by atoms with E-state index in [2.05, 4.69) is 11.9 Å². The van der Waals surface area contributed by atoms with E-state index >= 15 is 0 Å². The zero-order chi connectivity index (χ0) is 15.4. The Hall–Kier alpha value is -1.69. The molecule has 0 atom stereocenters. The van der Waals surface area contributed by atoms with Crippen LogP contribution in [0.1, 0.15) is 36.6 Å². The van der Waals surface area contributed by atoms with Crippen LogP contribution in [0.4, 0.5) is 0 Å². The maximum absolute atomic E-state index is 12.4. The van der Waals surface area contributed by atoms with Crippen molar-refractivity contribution in [3.8, 4) is 0 Å². The van der Waals surface area contributed by atoms with E-state index in [-0.39, 0.29) is 18.1 Å². The molecule has 21 heavy (non-hydrogen) atoms. The molecule has 0 aliphatic rings. The van der Waals surface area contributed by atoms with Gasteiger partial charge in [-0.3, -0.25) is 14.2 Å². The normalized spacial score (nSPS) is 11.0. The van der Waals surface area contributed by atoms with Crippen LogP contribution >= 0.6 is 11.3 Å². The number of carbonyl (C=O) groups excluding carboxylic acids is 1. The summed E-state index contributed by atoms with van der Waals surface area (Å²) in [4.78, 5) is 30.2. The van der Waals surface area contributed by atoms with Gasteiger partial charge in [0.05, 0.1) is 18.3 Å². The summed E-state index contributed by atoms with van der Waals surface area (Å²) in [6.45, 7) is 6.29. The van der Waals surface area contributed by atoms with Crippen LogP contribution in [0.5, 0.6) is 0 Å². The van der Waals surface area contributed by atoms with Crippen LogP contribution in [-0.4, -0.2) is 22.1 Å². The van der Waals surface area contributed by atoms with Crippen molar-refractivity contribution in [3.05, 3.63) is 27.1 Å². The van der Waals surface area contributed by atoms with Crippen molar-refractivity contribution in [2.75, 3.05) is 6.61 Å². The molecule has 0 aliphatic carbocycles. The second-order valence-electron chi connectivity index (χ2n) is 5.07. The highest BCUT2D eigenvalue weighted by molar-refractivity contribution is 7.18. The predicted octanol–water partition coefficient (Wildman–Crippen LogP) is 2.81. The van der Waals surface area contributed by atoms with Gasteiger partial charge in [0.15, 0.2) is 0 Å². The molecule has 2 aromatic rings. The minimum atomic E-state index is -0.390. The summed E-state index contributed by atoms with van der Waals surface area (Å²) in [5.41, 5.74) is 0.769. The number of hydrogen-bond acceptors (Lipinski definition) is 5. The first-order valence-corrected chi connectivity index (χ1v) is 7.97. The van der Waals surface area contributed by atoms with Gasteiger partial charge >= 0.3 is 5.97 Å². The summed E-state index contributed by atoms with van der Waals surface area (Å²) in [5, 5.41) is 0.610. The van der Waals surface area contributed by atoms with Crippen LogP contribution in [0.3, 0.4) is 0 Å². The highest BCUT2D eigenvalue weighted by atomic mass is 32.1. The van der Waals surface area contributed by atoms with Crippen LogP contribution in [-0.2, 0) is 16.1 Å². The van der Waals surface area contributed by atoms with Gasteiger partial charge in [-0.15, -0.1) is 11.3 Å². The number of unbranched alkanes of at least 4 members (excludes halogenated alkanes) is 2. The topological polar surface area (TPSA) is 61.2 Å². The Morgan fingerprint density at radius 3 is 2.86 bits per heavy atom. The quantitative estimate of drug-likeness (QED) is 0.608. The number of aromatic nitrogens is 2. The number of rotatable bonds is 6. The van der Waals surface area contributed by atoms with E-state index in [9.17, 15) is 9.59 Å². The molecule has 2 aromatic heterocycles. The molecule has 0 saturated carbocycles. The molecular weight excluding hydrogens is 288 g/mol. The molecule has 0 saturated heterocycles. The van der Waals surface area contributed by atoms with E-state index in [0.29, 0.717) is 12.0 Å². The number of ether oxygens (including phenoxy) is 1. The van der Waals surface area contributed by atoms with E-state index in [1.54, 1.807) is 0 Å². The molecule has 0 amide bonds. The SMILES string of the molecule is CCCCCOC(=O)Cn1cnc2sc(C)c(C)c2c1=O. The number of nitrogens with zero attached hydrogens (tertiary/aromatic N) is 2. The van der Waals surface area contributed by atoms with Gasteiger partial charge < -0.3 is 4.74 Å². The van der Waals surface area contributed by atoms with E-state index in [1.165, 1.54) is 22.2 Å². The molecule has 6 heteroatoms. The van der Waals surface area contributed by atoms with Crippen molar-refractivity contribution in [3.63, 3.8) is 0 Å². The van der Waals surface area contributed by atoms with Crippen molar-refractivity contribution in [2.45, 2.75) is 46.6 Å². The number of hydrogen-bond donors (Lipinski definition) is 0. The maximum atomic E-state index is 12.4. The molecule has 0 aromatic carbocycles. The molecule has 0 spiro atoms.